The van der Waals surface area contributed by atoms with Crippen LogP contribution in [-0.2, 0) is 0 Å². The van der Waals surface area contributed by atoms with Gasteiger partial charge >= 0.3 is 0 Å². The predicted octanol–water partition coefficient (Wildman–Crippen LogP) is 6.02. The van der Waals surface area contributed by atoms with E-state index < -0.39 is 0 Å². The summed E-state index contributed by atoms with van der Waals surface area (Å²) < 4.78 is 3.50. The normalized spacial score (nSPS) is 12.8. The minimum Gasteiger partial charge on any atom is -0.378 e. The van der Waals surface area contributed by atoms with Gasteiger partial charge in [-0.15, -0.1) is 22.7 Å². The molecule has 0 fully saturated rings. The van der Waals surface area contributed by atoms with Gasteiger partial charge in [0.25, 0.3) is 0 Å². The van der Waals surface area contributed by atoms with Crippen LogP contribution in [0.4, 0.5) is 5.69 Å². The number of hydrogen-bond donors (Lipinski definition) is 1. The van der Waals surface area contributed by atoms with Gasteiger partial charge in [0.1, 0.15) is 0 Å². The second-order valence-corrected chi connectivity index (χ2v) is 8.34. The molecule has 0 aliphatic carbocycles. The van der Waals surface area contributed by atoms with E-state index in [1.165, 1.54) is 9.58 Å². The standard InChI is InChI=1S/C14H13BrN2S3/c1-8(12-5-9(15)7-19-12)16-10-3-4-11-13(6-10)20-14(17-11)18-2/h3-8,16H,1-2H3. The Morgan fingerprint density at radius 2 is 2.20 bits per heavy atom. The zero-order valence-corrected chi connectivity index (χ0v) is 15.0. The maximum atomic E-state index is 4.56. The number of rotatable bonds is 4. The smallest absolute Gasteiger partial charge is 0.150 e. The Labute approximate surface area is 138 Å². The van der Waals surface area contributed by atoms with Crippen LogP contribution in [0.2, 0.25) is 0 Å². The van der Waals surface area contributed by atoms with Crippen molar-refractivity contribution in [1.82, 2.24) is 4.98 Å². The third-order valence-electron chi connectivity index (χ3n) is 2.94. The molecule has 1 N–H and O–H groups in total. The number of thioether (sulfide) groups is 1. The predicted molar refractivity (Wildman–Crippen MR) is 95.5 cm³/mol. The van der Waals surface area contributed by atoms with E-state index in [2.05, 4.69) is 69.1 Å². The lowest BCUT2D eigenvalue weighted by Crippen LogP contribution is -2.04. The van der Waals surface area contributed by atoms with Crippen molar-refractivity contribution in [2.75, 3.05) is 11.6 Å². The summed E-state index contributed by atoms with van der Waals surface area (Å²) in [6, 6.07) is 8.85. The number of nitrogens with zero attached hydrogens (tertiary/aromatic N) is 1. The van der Waals surface area contributed by atoms with Crippen molar-refractivity contribution in [3.63, 3.8) is 0 Å². The Bertz CT molecular complexity index is 735. The quantitative estimate of drug-likeness (QED) is 0.556. The fraction of sp³-hybridized carbons (Fsp3) is 0.214. The third kappa shape index (κ3) is 3.03. The Kier molecular flexibility index (Phi) is 4.35. The van der Waals surface area contributed by atoms with Gasteiger partial charge < -0.3 is 5.32 Å². The molecule has 2 heterocycles. The van der Waals surface area contributed by atoms with Crippen LogP contribution in [0.5, 0.6) is 0 Å². The van der Waals surface area contributed by atoms with Gasteiger partial charge in [-0.3, -0.25) is 0 Å². The van der Waals surface area contributed by atoms with Crippen molar-refractivity contribution in [2.24, 2.45) is 0 Å². The van der Waals surface area contributed by atoms with Gasteiger partial charge in [0.15, 0.2) is 4.34 Å². The number of anilines is 1. The summed E-state index contributed by atoms with van der Waals surface area (Å²) in [4.78, 5) is 5.89. The van der Waals surface area contributed by atoms with Crippen molar-refractivity contribution in [3.8, 4) is 0 Å². The fourth-order valence-electron chi connectivity index (χ4n) is 1.96. The molecule has 1 aromatic carbocycles. The van der Waals surface area contributed by atoms with Crippen molar-refractivity contribution in [2.45, 2.75) is 17.3 Å². The van der Waals surface area contributed by atoms with E-state index in [4.69, 9.17) is 0 Å². The van der Waals surface area contributed by atoms with Crippen LogP contribution in [0, 0.1) is 0 Å². The molecule has 0 aliphatic heterocycles. The Hall–Kier alpha value is -0.560. The fourth-order valence-corrected chi connectivity index (χ4v) is 4.94. The molecule has 2 nitrogen and oxygen atoms in total. The molecule has 1 unspecified atom stereocenters. The number of thiazole rings is 1. The molecule has 0 aliphatic rings. The first kappa shape index (κ1) is 14.4. The summed E-state index contributed by atoms with van der Waals surface area (Å²) in [5.74, 6) is 0. The van der Waals surface area contributed by atoms with E-state index >= 15 is 0 Å². The maximum absolute atomic E-state index is 4.56. The van der Waals surface area contributed by atoms with E-state index in [-0.39, 0.29) is 0 Å². The van der Waals surface area contributed by atoms with Gasteiger partial charge in [-0.25, -0.2) is 4.98 Å². The van der Waals surface area contributed by atoms with E-state index in [1.54, 1.807) is 34.4 Å². The Balaban J connectivity index is 1.83. The molecule has 0 saturated heterocycles. The van der Waals surface area contributed by atoms with Gasteiger partial charge in [-0.1, -0.05) is 11.8 Å². The molecule has 0 amide bonds. The Morgan fingerprint density at radius 3 is 2.90 bits per heavy atom. The highest BCUT2D eigenvalue weighted by molar-refractivity contribution is 9.10. The van der Waals surface area contributed by atoms with Crippen molar-refractivity contribution in [1.29, 1.82) is 0 Å². The lowest BCUT2D eigenvalue weighted by molar-refractivity contribution is 0.908. The monoisotopic (exact) mass is 384 g/mol. The molecule has 2 aromatic heterocycles. The van der Waals surface area contributed by atoms with Gasteiger partial charge in [0.05, 0.1) is 16.3 Å². The number of hydrogen-bond acceptors (Lipinski definition) is 5. The molecule has 0 radical (unpaired) electrons. The van der Waals surface area contributed by atoms with Crippen molar-refractivity contribution in [3.05, 3.63) is 39.0 Å². The number of aromatic nitrogens is 1. The van der Waals surface area contributed by atoms with Crippen LogP contribution < -0.4 is 5.32 Å². The topological polar surface area (TPSA) is 24.9 Å². The first-order valence-electron chi connectivity index (χ1n) is 6.11. The van der Waals surface area contributed by atoms with Crippen molar-refractivity contribution < 1.29 is 0 Å². The molecule has 0 saturated carbocycles. The molecular weight excluding hydrogens is 372 g/mol. The van der Waals surface area contributed by atoms with Crippen LogP contribution in [0.1, 0.15) is 17.8 Å². The number of fused-ring (bicyclic) bond motifs is 1. The summed E-state index contributed by atoms with van der Waals surface area (Å²) in [7, 11) is 0. The Morgan fingerprint density at radius 1 is 1.35 bits per heavy atom. The van der Waals surface area contributed by atoms with Crippen LogP contribution in [-0.4, -0.2) is 11.2 Å². The lowest BCUT2D eigenvalue weighted by Gasteiger charge is -2.13. The van der Waals surface area contributed by atoms with Gasteiger partial charge in [0.2, 0.25) is 0 Å². The zero-order chi connectivity index (χ0) is 14.1. The molecule has 0 spiro atoms. The third-order valence-corrected chi connectivity index (χ3v) is 6.82. The second kappa shape index (κ2) is 6.05. The SMILES string of the molecule is CSc1nc2ccc(NC(C)c3cc(Br)cs3)cc2s1. The van der Waals surface area contributed by atoms with Gasteiger partial charge in [0, 0.05) is 20.4 Å². The van der Waals surface area contributed by atoms with Crippen LogP contribution in [0.3, 0.4) is 0 Å². The van der Waals surface area contributed by atoms with Crippen LogP contribution in [0.25, 0.3) is 10.2 Å². The summed E-state index contributed by atoms with van der Waals surface area (Å²) in [5.41, 5.74) is 2.22. The summed E-state index contributed by atoms with van der Waals surface area (Å²) in [6.45, 7) is 2.18. The molecule has 104 valence electrons. The van der Waals surface area contributed by atoms with Crippen LogP contribution in [0.15, 0.2) is 38.5 Å². The highest BCUT2D eigenvalue weighted by atomic mass is 79.9. The number of thiophene rings is 1. The average Bonchev–Trinajstić information content (AvgIpc) is 3.03. The minimum atomic E-state index is 0.302. The number of nitrogens with one attached hydrogen (secondary N) is 1. The number of benzene rings is 1. The molecule has 3 aromatic rings. The van der Waals surface area contributed by atoms with E-state index in [9.17, 15) is 0 Å². The first-order chi connectivity index (χ1) is 9.65. The van der Waals surface area contributed by atoms with E-state index in [1.807, 2.05) is 0 Å². The van der Waals surface area contributed by atoms with Gasteiger partial charge in [-0.2, -0.15) is 0 Å². The van der Waals surface area contributed by atoms with E-state index in [0.29, 0.717) is 6.04 Å². The van der Waals surface area contributed by atoms with Crippen molar-refractivity contribution >= 4 is 66.3 Å². The first-order valence-corrected chi connectivity index (χ1v) is 9.82. The molecule has 20 heavy (non-hydrogen) atoms. The second-order valence-electron chi connectivity index (χ2n) is 4.40. The largest absolute Gasteiger partial charge is 0.378 e. The summed E-state index contributed by atoms with van der Waals surface area (Å²) in [6.07, 6.45) is 2.06. The highest BCUT2D eigenvalue weighted by Crippen LogP contribution is 2.32. The molecule has 3 rings (SSSR count). The molecule has 0 bridgehead atoms. The highest BCUT2D eigenvalue weighted by Gasteiger charge is 2.09. The summed E-state index contributed by atoms with van der Waals surface area (Å²) >= 11 is 8.71. The molecular formula is C14H13BrN2S3. The number of halogens is 1. The van der Waals surface area contributed by atoms with Crippen LogP contribution >= 0.6 is 50.4 Å². The zero-order valence-electron chi connectivity index (χ0n) is 11.0. The van der Waals surface area contributed by atoms with Gasteiger partial charge in [-0.05, 0) is 53.4 Å². The average molecular weight is 385 g/mol. The lowest BCUT2D eigenvalue weighted by atomic mass is 10.2. The summed E-state index contributed by atoms with van der Waals surface area (Å²) in [5, 5.41) is 5.67. The van der Waals surface area contributed by atoms with E-state index in [0.717, 1.165) is 20.0 Å². The maximum Gasteiger partial charge on any atom is 0.150 e. The molecule has 6 heteroatoms. The minimum absolute atomic E-state index is 0.302. The molecule has 1 atom stereocenters.